The average Bonchev–Trinajstić information content (AvgIpc) is 3.12. The lowest BCUT2D eigenvalue weighted by Crippen LogP contribution is -2.00. The van der Waals surface area contributed by atoms with E-state index in [1.165, 1.54) is 0 Å². The molecule has 3 nitrogen and oxygen atoms in total. The molecule has 0 saturated carbocycles. The van der Waals surface area contributed by atoms with Gasteiger partial charge in [-0.25, -0.2) is 0 Å². The molecule has 28 heavy (non-hydrogen) atoms. The maximum atomic E-state index is 11.0. The van der Waals surface area contributed by atoms with Crippen LogP contribution < -0.4 is 9.47 Å². The summed E-state index contributed by atoms with van der Waals surface area (Å²) in [5.74, 6) is 1.61. The molecule has 140 valence electrons. The van der Waals surface area contributed by atoms with Crippen LogP contribution in [0.2, 0.25) is 0 Å². The first kappa shape index (κ1) is 18.1. The zero-order valence-electron chi connectivity index (χ0n) is 15.9. The maximum absolute atomic E-state index is 11.0. The third-order valence-corrected chi connectivity index (χ3v) is 5.02. The summed E-state index contributed by atoms with van der Waals surface area (Å²) in [5, 5.41) is 11.0. The Morgan fingerprint density at radius 1 is 0.750 bits per heavy atom. The van der Waals surface area contributed by atoms with Crippen molar-refractivity contribution in [2.24, 2.45) is 0 Å². The third kappa shape index (κ3) is 3.45. The van der Waals surface area contributed by atoms with Gasteiger partial charge in [0.2, 0.25) is 0 Å². The minimum Gasteiger partial charge on any atom is -0.497 e. The molecule has 0 saturated heterocycles. The third-order valence-electron chi connectivity index (χ3n) is 5.02. The van der Waals surface area contributed by atoms with E-state index in [-0.39, 0.29) is 0 Å². The number of benzene rings is 3. The van der Waals surface area contributed by atoms with Crippen molar-refractivity contribution in [1.82, 2.24) is 0 Å². The molecular weight excluding hydrogens is 348 g/mol. The van der Waals surface area contributed by atoms with Gasteiger partial charge in [-0.1, -0.05) is 48.5 Å². The predicted molar refractivity (Wildman–Crippen MR) is 113 cm³/mol. The smallest absolute Gasteiger partial charge is 0.118 e. The Morgan fingerprint density at radius 2 is 1.32 bits per heavy atom. The summed E-state index contributed by atoms with van der Waals surface area (Å²) in [4.78, 5) is 0. The van der Waals surface area contributed by atoms with Crippen LogP contribution in [0, 0.1) is 0 Å². The minimum absolute atomic E-state index is 0.700. The second-order valence-electron chi connectivity index (χ2n) is 6.69. The van der Waals surface area contributed by atoms with Gasteiger partial charge in [-0.15, -0.1) is 0 Å². The maximum Gasteiger partial charge on any atom is 0.118 e. The molecule has 0 radical (unpaired) electrons. The molecule has 0 heterocycles. The van der Waals surface area contributed by atoms with Gasteiger partial charge < -0.3 is 14.6 Å². The molecule has 4 rings (SSSR count). The molecule has 0 spiro atoms. The van der Waals surface area contributed by atoms with Gasteiger partial charge in [0.25, 0.3) is 0 Å². The monoisotopic (exact) mass is 370 g/mol. The van der Waals surface area contributed by atoms with Gasteiger partial charge in [0, 0.05) is 0 Å². The lowest BCUT2D eigenvalue weighted by molar-refractivity contribution is 0.238. The number of fused-ring (bicyclic) bond motifs is 1. The Kier molecular flexibility index (Phi) is 5.00. The number of hydrogen-bond acceptors (Lipinski definition) is 3. The minimum atomic E-state index is -0.700. The van der Waals surface area contributed by atoms with Crippen molar-refractivity contribution in [3.05, 3.63) is 101 Å². The highest BCUT2D eigenvalue weighted by atomic mass is 16.5. The van der Waals surface area contributed by atoms with Crippen molar-refractivity contribution in [2.45, 2.75) is 6.10 Å². The molecule has 1 atom stereocenters. The molecule has 0 aliphatic heterocycles. The lowest BCUT2D eigenvalue weighted by Gasteiger charge is -2.14. The van der Waals surface area contributed by atoms with Crippen LogP contribution in [-0.2, 0) is 0 Å². The van der Waals surface area contributed by atoms with E-state index >= 15 is 0 Å². The summed E-state index contributed by atoms with van der Waals surface area (Å²) in [5.41, 5.74) is 6.10. The summed E-state index contributed by atoms with van der Waals surface area (Å²) in [6.07, 6.45) is 3.50. The van der Waals surface area contributed by atoms with E-state index in [4.69, 9.17) is 9.47 Å². The van der Waals surface area contributed by atoms with Crippen LogP contribution in [-0.4, -0.2) is 19.3 Å². The van der Waals surface area contributed by atoms with Gasteiger partial charge in [0.05, 0.1) is 14.2 Å². The van der Waals surface area contributed by atoms with Crippen LogP contribution in [0.3, 0.4) is 0 Å². The number of aliphatic hydroxyl groups excluding tert-OH is 1. The van der Waals surface area contributed by atoms with Crippen LogP contribution in [0.4, 0.5) is 0 Å². The molecule has 0 unspecified atom stereocenters. The van der Waals surface area contributed by atoms with Crippen LogP contribution in [0.25, 0.3) is 17.2 Å². The summed E-state index contributed by atoms with van der Waals surface area (Å²) in [7, 11) is 3.30. The van der Waals surface area contributed by atoms with E-state index in [2.05, 4.69) is 24.3 Å². The topological polar surface area (TPSA) is 38.7 Å². The standard InChI is InChI=1S/C25H22O3/c1-27-20-11-7-17(8-12-20)15-19-16-24(23-6-4-3-5-22(19)23)25(26)18-9-13-21(28-2)14-10-18/h3-16,25-26H,1-2H3/b19-15+/t25-/m0/s1. The fraction of sp³-hybridized carbons (Fsp3) is 0.120. The van der Waals surface area contributed by atoms with Crippen molar-refractivity contribution in [3.63, 3.8) is 0 Å². The molecule has 1 aliphatic carbocycles. The fourth-order valence-electron chi connectivity index (χ4n) is 3.50. The first-order chi connectivity index (χ1) is 13.7. The summed E-state index contributed by atoms with van der Waals surface area (Å²) in [6.45, 7) is 0. The Morgan fingerprint density at radius 3 is 1.93 bits per heavy atom. The lowest BCUT2D eigenvalue weighted by atomic mass is 9.96. The predicted octanol–water partition coefficient (Wildman–Crippen LogP) is 5.38. The highest BCUT2D eigenvalue weighted by Crippen LogP contribution is 2.42. The molecule has 0 bridgehead atoms. The summed E-state index contributed by atoms with van der Waals surface area (Å²) in [6, 6.07) is 23.7. The number of methoxy groups -OCH3 is 2. The molecule has 0 amide bonds. The summed E-state index contributed by atoms with van der Waals surface area (Å²) < 4.78 is 10.5. The summed E-state index contributed by atoms with van der Waals surface area (Å²) >= 11 is 0. The van der Waals surface area contributed by atoms with Crippen molar-refractivity contribution in [1.29, 1.82) is 0 Å². The van der Waals surface area contributed by atoms with Crippen LogP contribution >= 0.6 is 0 Å². The Balaban J connectivity index is 1.72. The van der Waals surface area contributed by atoms with Crippen LogP contribution in [0.1, 0.15) is 28.4 Å². The molecule has 3 heteroatoms. The highest BCUT2D eigenvalue weighted by molar-refractivity contribution is 6.02. The Bertz CT molecular complexity index is 1030. The first-order valence-corrected chi connectivity index (χ1v) is 9.19. The van der Waals surface area contributed by atoms with Crippen molar-refractivity contribution in [3.8, 4) is 11.5 Å². The number of allylic oxidation sites excluding steroid dienone is 2. The molecular formula is C25H22O3. The van der Waals surface area contributed by atoms with E-state index < -0.39 is 6.10 Å². The average molecular weight is 370 g/mol. The largest absolute Gasteiger partial charge is 0.497 e. The van der Waals surface area contributed by atoms with E-state index in [1.807, 2.05) is 60.7 Å². The van der Waals surface area contributed by atoms with Crippen molar-refractivity contribution < 1.29 is 14.6 Å². The molecule has 1 aliphatic rings. The van der Waals surface area contributed by atoms with E-state index in [1.54, 1.807) is 14.2 Å². The van der Waals surface area contributed by atoms with Crippen LogP contribution in [0.5, 0.6) is 11.5 Å². The molecule has 0 fully saturated rings. The van der Waals surface area contributed by atoms with E-state index in [9.17, 15) is 5.11 Å². The molecule has 1 N–H and O–H groups in total. The second-order valence-corrected chi connectivity index (χ2v) is 6.69. The van der Waals surface area contributed by atoms with Gasteiger partial charge in [-0.2, -0.15) is 0 Å². The quantitative estimate of drug-likeness (QED) is 0.656. The zero-order valence-corrected chi connectivity index (χ0v) is 15.9. The molecule has 3 aromatic rings. The van der Waals surface area contributed by atoms with Crippen molar-refractivity contribution in [2.75, 3.05) is 14.2 Å². The van der Waals surface area contributed by atoms with Gasteiger partial charge in [-0.05, 0) is 69.8 Å². The number of hydrogen-bond donors (Lipinski definition) is 1. The molecule has 3 aromatic carbocycles. The Hall–Kier alpha value is -3.30. The SMILES string of the molecule is COc1ccc(/C=C2\C=C([C@@H](O)c3ccc(OC)cc3)c3ccccc32)cc1. The van der Waals surface area contributed by atoms with E-state index in [0.717, 1.165) is 44.9 Å². The van der Waals surface area contributed by atoms with Gasteiger partial charge in [0.15, 0.2) is 0 Å². The van der Waals surface area contributed by atoms with Crippen LogP contribution in [0.15, 0.2) is 78.9 Å². The molecule has 0 aromatic heterocycles. The van der Waals surface area contributed by atoms with Crippen molar-refractivity contribution >= 4 is 17.2 Å². The number of rotatable bonds is 5. The van der Waals surface area contributed by atoms with E-state index in [0.29, 0.717) is 0 Å². The number of ether oxygens (including phenoxy) is 2. The zero-order chi connectivity index (χ0) is 19.5. The van der Waals surface area contributed by atoms with Gasteiger partial charge >= 0.3 is 0 Å². The van der Waals surface area contributed by atoms with Gasteiger partial charge in [-0.3, -0.25) is 0 Å². The van der Waals surface area contributed by atoms with Gasteiger partial charge in [0.1, 0.15) is 17.6 Å². The normalized spacial score (nSPS) is 15.1. The number of aliphatic hydroxyl groups is 1. The fourth-order valence-corrected chi connectivity index (χ4v) is 3.50. The Labute approximate surface area is 165 Å². The highest BCUT2D eigenvalue weighted by Gasteiger charge is 2.24. The first-order valence-electron chi connectivity index (χ1n) is 9.19. The second kappa shape index (κ2) is 7.75.